The summed E-state index contributed by atoms with van der Waals surface area (Å²) in [6.45, 7) is 0. The Bertz CT molecular complexity index is 974. The number of carbonyl (C=O) groups is 2. The van der Waals surface area contributed by atoms with Crippen molar-refractivity contribution in [3.63, 3.8) is 0 Å². The van der Waals surface area contributed by atoms with Crippen LogP contribution in [0.1, 0.15) is 24.0 Å². The van der Waals surface area contributed by atoms with Crippen molar-refractivity contribution in [2.45, 2.75) is 18.9 Å². The lowest BCUT2D eigenvalue weighted by atomic mass is 10.1. The molecule has 0 aliphatic heterocycles. The molecule has 144 valence electrons. The quantitative estimate of drug-likeness (QED) is 0.607. The van der Waals surface area contributed by atoms with Crippen LogP contribution in [0.3, 0.4) is 0 Å². The minimum absolute atomic E-state index is 0.104. The lowest BCUT2D eigenvalue weighted by molar-refractivity contribution is -0.155. The molecule has 2 N–H and O–H groups in total. The predicted octanol–water partition coefficient (Wildman–Crippen LogP) is 3.23. The van der Waals surface area contributed by atoms with Crippen LogP contribution in [-0.2, 0) is 20.7 Å². The summed E-state index contributed by atoms with van der Waals surface area (Å²) in [6.07, 6.45) is -1.29. The van der Waals surface area contributed by atoms with E-state index in [1.807, 2.05) is 0 Å². The number of amides is 1. The fourth-order valence-corrected chi connectivity index (χ4v) is 2.53. The minimum Gasteiger partial charge on any atom is -0.447 e. The number of nitrogens with two attached hydrogens (primary N) is 1. The first-order valence-corrected chi connectivity index (χ1v) is 8.63. The maximum absolute atomic E-state index is 13.0. The zero-order valence-electron chi connectivity index (χ0n) is 14.5. The van der Waals surface area contributed by atoms with Gasteiger partial charge in [0.25, 0.3) is 5.91 Å². The second-order valence-corrected chi connectivity index (χ2v) is 6.28. The Morgan fingerprint density at radius 1 is 1.14 bits per heavy atom. The van der Waals surface area contributed by atoms with Gasteiger partial charge >= 0.3 is 5.97 Å². The largest absolute Gasteiger partial charge is 0.447 e. The number of carbonyl (C=O) groups excluding carboxylic acids is 2. The molecule has 1 amide bonds. The summed E-state index contributed by atoms with van der Waals surface area (Å²) < 4.78 is 23.3. The number of hydrogen-bond donors (Lipinski definition) is 1. The topological polar surface area (TPSA) is 108 Å². The second kappa shape index (κ2) is 8.62. The number of primary amides is 1. The van der Waals surface area contributed by atoms with Gasteiger partial charge in [-0.2, -0.15) is 4.98 Å². The summed E-state index contributed by atoms with van der Waals surface area (Å²) in [5.41, 5.74) is 6.28. The van der Waals surface area contributed by atoms with E-state index in [1.54, 1.807) is 24.3 Å². The van der Waals surface area contributed by atoms with E-state index < -0.39 is 23.8 Å². The number of aryl methyl sites for hydroxylation is 1. The third-order valence-electron chi connectivity index (χ3n) is 3.79. The van der Waals surface area contributed by atoms with Gasteiger partial charge in [-0.1, -0.05) is 28.9 Å². The van der Waals surface area contributed by atoms with E-state index in [2.05, 4.69) is 10.1 Å². The first-order chi connectivity index (χ1) is 13.4. The fourth-order valence-electron chi connectivity index (χ4n) is 2.40. The van der Waals surface area contributed by atoms with Crippen molar-refractivity contribution in [2.24, 2.45) is 5.73 Å². The van der Waals surface area contributed by atoms with Crippen molar-refractivity contribution in [2.75, 3.05) is 0 Å². The Hall–Kier alpha value is -3.26. The van der Waals surface area contributed by atoms with Crippen LogP contribution < -0.4 is 5.73 Å². The molecule has 0 unspecified atom stereocenters. The van der Waals surface area contributed by atoms with Crippen molar-refractivity contribution >= 4 is 23.5 Å². The average Bonchev–Trinajstić information content (AvgIpc) is 3.15. The van der Waals surface area contributed by atoms with Crippen LogP contribution in [0.25, 0.3) is 11.4 Å². The van der Waals surface area contributed by atoms with Crippen LogP contribution in [0.15, 0.2) is 53.1 Å². The Morgan fingerprint density at radius 3 is 2.46 bits per heavy atom. The summed E-state index contributed by atoms with van der Waals surface area (Å²) in [5, 5.41) is 4.43. The van der Waals surface area contributed by atoms with Crippen molar-refractivity contribution < 1.29 is 23.2 Å². The molecular formula is C19H15ClFN3O4. The normalized spacial score (nSPS) is 11.8. The van der Waals surface area contributed by atoms with Crippen LogP contribution in [0, 0.1) is 5.82 Å². The van der Waals surface area contributed by atoms with Gasteiger partial charge < -0.3 is 15.0 Å². The molecule has 1 heterocycles. The Kier molecular flexibility index (Phi) is 6.00. The Morgan fingerprint density at radius 2 is 1.82 bits per heavy atom. The SMILES string of the molecule is NC(=O)[C@H](OC(=O)CCc1nc(-c2ccc(Cl)cc2)no1)c1ccc(F)cc1. The molecule has 1 aromatic heterocycles. The van der Waals surface area contributed by atoms with Gasteiger partial charge in [0, 0.05) is 22.6 Å². The molecule has 1 atom stereocenters. The molecule has 0 saturated carbocycles. The summed E-state index contributed by atoms with van der Waals surface area (Å²) >= 11 is 5.84. The number of esters is 1. The average molecular weight is 404 g/mol. The molecule has 2 aromatic carbocycles. The smallest absolute Gasteiger partial charge is 0.307 e. The molecule has 9 heteroatoms. The number of benzene rings is 2. The summed E-state index contributed by atoms with van der Waals surface area (Å²) in [5.74, 6) is -1.42. The Labute approximate surface area is 164 Å². The number of aromatic nitrogens is 2. The summed E-state index contributed by atoms with van der Waals surface area (Å²) in [4.78, 5) is 27.9. The number of nitrogens with zero attached hydrogens (tertiary/aromatic N) is 2. The number of hydrogen-bond acceptors (Lipinski definition) is 6. The van der Waals surface area contributed by atoms with Crippen molar-refractivity contribution in [1.29, 1.82) is 0 Å². The van der Waals surface area contributed by atoms with Crippen LogP contribution in [0.5, 0.6) is 0 Å². The lowest BCUT2D eigenvalue weighted by Crippen LogP contribution is -2.26. The van der Waals surface area contributed by atoms with Gasteiger partial charge in [-0.3, -0.25) is 9.59 Å². The highest BCUT2D eigenvalue weighted by atomic mass is 35.5. The minimum atomic E-state index is -1.31. The number of halogens is 2. The molecule has 0 spiro atoms. The van der Waals surface area contributed by atoms with E-state index in [-0.39, 0.29) is 24.3 Å². The summed E-state index contributed by atoms with van der Waals surface area (Å²) in [6, 6.07) is 11.8. The maximum atomic E-state index is 13.0. The summed E-state index contributed by atoms with van der Waals surface area (Å²) in [7, 11) is 0. The maximum Gasteiger partial charge on any atom is 0.307 e. The first kappa shape index (κ1) is 19.5. The molecule has 0 saturated heterocycles. The van der Waals surface area contributed by atoms with Gasteiger partial charge in [-0.15, -0.1) is 0 Å². The number of ether oxygens (including phenoxy) is 1. The van der Waals surface area contributed by atoms with E-state index in [4.69, 9.17) is 26.6 Å². The lowest BCUT2D eigenvalue weighted by Gasteiger charge is -2.14. The van der Waals surface area contributed by atoms with E-state index in [9.17, 15) is 14.0 Å². The van der Waals surface area contributed by atoms with Gasteiger partial charge in [0.15, 0.2) is 0 Å². The van der Waals surface area contributed by atoms with E-state index >= 15 is 0 Å². The van der Waals surface area contributed by atoms with Crippen molar-refractivity contribution in [1.82, 2.24) is 10.1 Å². The van der Waals surface area contributed by atoms with Crippen LogP contribution in [0.4, 0.5) is 4.39 Å². The molecule has 28 heavy (non-hydrogen) atoms. The molecule has 0 radical (unpaired) electrons. The van der Waals surface area contributed by atoms with Gasteiger partial charge in [0.2, 0.25) is 17.8 Å². The molecule has 0 aliphatic carbocycles. The van der Waals surface area contributed by atoms with Gasteiger partial charge in [0.05, 0.1) is 6.42 Å². The molecule has 3 aromatic rings. The predicted molar refractivity (Wildman–Crippen MR) is 97.5 cm³/mol. The zero-order chi connectivity index (χ0) is 20.1. The van der Waals surface area contributed by atoms with Crippen molar-refractivity contribution in [3.8, 4) is 11.4 Å². The number of rotatable bonds is 7. The highest BCUT2D eigenvalue weighted by Gasteiger charge is 2.23. The monoisotopic (exact) mass is 403 g/mol. The third-order valence-corrected chi connectivity index (χ3v) is 4.05. The van der Waals surface area contributed by atoms with Crippen molar-refractivity contribution in [3.05, 3.63) is 70.8 Å². The van der Waals surface area contributed by atoms with E-state index in [0.717, 1.165) is 12.1 Å². The third kappa shape index (κ3) is 4.92. The molecule has 3 rings (SSSR count). The van der Waals surface area contributed by atoms with Crippen LogP contribution >= 0.6 is 11.6 Å². The molecule has 0 bridgehead atoms. The zero-order valence-corrected chi connectivity index (χ0v) is 15.2. The Balaban J connectivity index is 1.59. The fraction of sp³-hybridized carbons (Fsp3) is 0.158. The van der Waals surface area contributed by atoms with Gasteiger partial charge in [-0.05, 0) is 36.4 Å². The first-order valence-electron chi connectivity index (χ1n) is 8.25. The molecular weight excluding hydrogens is 389 g/mol. The second-order valence-electron chi connectivity index (χ2n) is 5.84. The highest BCUT2D eigenvalue weighted by molar-refractivity contribution is 6.30. The molecule has 0 aliphatic rings. The highest BCUT2D eigenvalue weighted by Crippen LogP contribution is 2.20. The van der Waals surface area contributed by atoms with E-state index in [1.165, 1.54) is 12.1 Å². The molecule has 0 fully saturated rings. The van der Waals surface area contributed by atoms with Gasteiger partial charge in [0.1, 0.15) is 5.82 Å². The van der Waals surface area contributed by atoms with Crippen LogP contribution in [-0.4, -0.2) is 22.0 Å². The van der Waals surface area contributed by atoms with E-state index in [0.29, 0.717) is 16.4 Å². The standard InChI is InChI=1S/C19H15ClFN3O4/c20-13-5-1-12(2-6-13)19-23-15(28-24-19)9-10-16(25)27-17(18(22)26)11-3-7-14(21)8-4-11/h1-8,17H,9-10H2,(H2,22,26)/t17-/m1/s1. The van der Waals surface area contributed by atoms with Gasteiger partial charge in [-0.25, -0.2) is 4.39 Å². The molecule has 7 nitrogen and oxygen atoms in total. The van der Waals surface area contributed by atoms with Crippen LogP contribution in [0.2, 0.25) is 5.02 Å².